The van der Waals surface area contributed by atoms with Gasteiger partial charge in [-0.2, -0.15) is 0 Å². The van der Waals surface area contributed by atoms with Crippen LogP contribution in [0, 0.1) is 0 Å². The minimum absolute atomic E-state index is 0.101. The van der Waals surface area contributed by atoms with E-state index in [2.05, 4.69) is 15.0 Å². The SMILES string of the molecule is COc1cnc(-n2c(C(C)C)nccc2=O)nc1. The Labute approximate surface area is 104 Å². The summed E-state index contributed by atoms with van der Waals surface area (Å²) in [6, 6.07) is 1.39. The van der Waals surface area contributed by atoms with Gasteiger partial charge in [0.25, 0.3) is 5.56 Å². The molecule has 0 saturated heterocycles. The molecule has 94 valence electrons. The molecule has 6 heteroatoms. The summed E-state index contributed by atoms with van der Waals surface area (Å²) >= 11 is 0. The molecule has 0 atom stereocenters. The van der Waals surface area contributed by atoms with E-state index in [1.54, 1.807) is 0 Å². The maximum Gasteiger partial charge on any atom is 0.260 e. The summed E-state index contributed by atoms with van der Waals surface area (Å²) in [7, 11) is 1.54. The van der Waals surface area contributed by atoms with Crippen LogP contribution in [-0.4, -0.2) is 26.6 Å². The minimum atomic E-state index is -0.195. The van der Waals surface area contributed by atoms with Crippen LogP contribution < -0.4 is 10.3 Å². The van der Waals surface area contributed by atoms with Crippen LogP contribution >= 0.6 is 0 Å². The van der Waals surface area contributed by atoms with Crippen molar-refractivity contribution in [3.8, 4) is 11.7 Å². The summed E-state index contributed by atoms with van der Waals surface area (Å²) in [4.78, 5) is 24.3. The van der Waals surface area contributed by atoms with E-state index in [4.69, 9.17) is 4.74 Å². The Kier molecular flexibility index (Phi) is 3.36. The predicted octanol–water partition coefficient (Wildman–Crippen LogP) is 1.15. The Hall–Kier alpha value is -2.24. The van der Waals surface area contributed by atoms with Crippen molar-refractivity contribution in [3.63, 3.8) is 0 Å². The smallest absolute Gasteiger partial charge is 0.260 e. The van der Waals surface area contributed by atoms with Crippen LogP contribution in [0.1, 0.15) is 25.6 Å². The highest BCUT2D eigenvalue weighted by molar-refractivity contribution is 5.21. The van der Waals surface area contributed by atoms with E-state index in [1.165, 1.54) is 36.3 Å². The second-order valence-electron chi connectivity index (χ2n) is 4.05. The zero-order valence-corrected chi connectivity index (χ0v) is 10.5. The first-order valence-corrected chi connectivity index (χ1v) is 5.58. The molecule has 0 N–H and O–H groups in total. The summed E-state index contributed by atoms with van der Waals surface area (Å²) in [5, 5.41) is 0. The molecule has 2 heterocycles. The highest BCUT2D eigenvalue weighted by Crippen LogP contribution is 2.13. The van der Waals surface area contributed by atoms with Gasteiger partial charge in [0.1, 0.15) is 5.82 Å². The van der Waals surface area contributed by atoms with E-state index in [-0.39, 0.29) is 11.5 Å². The molecule has 2 aromatic rings. The van der Waals surface area contributed by atoms with Gasteiger partial charge in [0.05, 0.1) is 19.5 Å². The lowest BCUT2D eigenvalue weighted by Gasteiger charge is -2.12. The van der Waals surface area contributed by atoms with Crippen molar-refractivity contribution in [2.24, 2.45) is 0 Å². The molecule has 0 bridgehead atoms. The molecular formula is C12H14N4O2. The lowest BCUT2D eigenvalue weighted by molar-refractivity contribution is 0.410. The average Bonchev–Trinajstić information content (AvgIpc) is 2.38. The van der Waals surface area contributed by atoms with Gasteiger partial charge in [0, 0.05) is 18.2 Å². The molecule has 0 aliphatic heterocycles. The highest BCUT2D eigenvalue weighted by atomic mass is 16.5. The second kappa shape index (κ2) is 4.95. The van der Waals surface area contributed by atoms with Gasteiger partial charge < -0.3 is 4.74 Å². The Bertz CT molecular complexity index is 590. The topological polar surface area (TPSA) is 69.9 Å². The van der Waals surface area contributed by atoms with Crippen molar-refractivity contribution in [1.29, 1.82) is 0 Å². The summed E-state index contributed by atoms with van der Waals surface area (Å²) in [6.07, 6.45) is 4.54. The Balaban J connectivity index is 2.58. The normalized spacial score (nSPS) is 10.7. The molecule has 0 radical (unpaired) electrons. The standard InChI is InChI=1S/C12H14N4O2/c1-8(2)11-13-5-4-10(17)16(11)12-14-6-9(18-3)7-15-12/h4-8H,1-3H3. The van der Waals surface area contributed by atoms with Gasteiger partial charge in [0.2, 0.25) is 5.95 Å². The fraction of sp³-hybridized carbons (Fsp3) is 0.333. The van der Waals surface area contributed by atoms with Gasteiger partial charge >= 0.3 is 0 Å². The minimum Gasteiger partial charge on any atom is -0.494 e. The fourth-order valence-electron chi connectivity index (χ4n) is 1.56. The van der Waals surface area contributed by atoms with Gasteiger partial charge in [-0.25, -0.2) is 19.5 Å². The molecular weight excluding hydrogens is 232 g/mol. The highest BCUT2D eigenvalue weighted by Gasteiger charge is 2.12. The van der Waals surface area contributed by atoms with Gasteiger partial charge in [-0.1, -0.05) is 13.8 Å². The number of aromatic nitrogens is 4. The maximum atomic E-state index is 11.9. The second-order valence-corrected chi connectivity index (χ2v) is 4.05. The van der Waals surface area contributed by atoms with Gasteiger partial charge in [-0.3, -0.25) is 4.79 Å². The molecule has 6 nitrogen and oxygen atoms in total. The molecule has 0 fully saturated rings. The quantitative estimate of drug-likeness (QED) is 0.812. The first-order chi connectivity index (χ1) is 8.63. The zero-order valence-electron chi connectivity index (χ0n) is 10.5. The Morgan fingerprint density at radius 3 is 2.44 bits per heavy atom. The first kappa shape index (κ1) is 12.2. The van der Waals surface area contributed by atoms with Crippen molar-refractivity contribution in [3.05, 3.63) is 40.8 Å². The van der Waals surface area contributed by atoms with Gasteiger partial charge in [-0.15, -0.1) is 0 Å². The molecule has 0 amide bonds. The van der Waals surface area contributed by atoms with E-state index >= 15 is 0 Å². The number of rotatable bonds is 3. The van der Waals surface area contributed by atoms with Crippen molar-refractivity contribution in [2.45, 2.75) is 19.8 Å². The van der Waals surface area contributed by atoms with E-state index in [1.807, 2.05) is 13.8 Å². The van der Waals surface area contributed by atoms with E-state index < -0.39 is 0 Å². The number of hydrogen-bond donors (Lipinski definition) is 0. The van der Waals surface area contributed by atoms with E-state index in [9.17, 15) is 4.79 Å². The van der Waals surface area contributed by atoms with Crippen LogP contribution in [0.4, 0.5) is 0 Å². The third kappa shape index (κ3) is 2.22. The molecule has 0 unspecified atom stereocenters. The molecule has 2 rings (SSSR count). The Morgan fingerprint density at radius 2 is 1.89 bits per heavy atom. The number of methoxy groups -OCH3 is 1. The van der Waals surface area contributed by atoms with Crippen LogP contribution in [0.3, 0.4) is 0 Å². The largest absolute Gasteiger partial charge is 0.494 e. The monoisotopic (exact) mass is 246 g/mol. The number of nitrogens with zero attached hydrogens (tertiary/aromatic N) is 4. The first-order valence-electron chi connectivity index (χ1n) is 5.58. The van der Waals surface area contributed by atoms with Crippen molar-refractivity contribution in [2.75, 3.05) is 7.11 Å². The van der Waals surface area contributed by atoms with Gasteiger partial charge in [-0.05, 0) is 0 Å². The number of hydrogen-bond acceptors (Lipinski definition) is 5. The zero-order chi connectivity index (χ0) is 13.1. The van der Waals surface area contributed by atoms with Crippen LogP contribution in [0.15, 0.2) is 29.5 Å². The van der Waals surface area contributed by atoms with Crippen LogP contribution in [0.5, 0.6) is 5.75 Å². The molecule has 18 heavy (non-hydrogen) atoms. The van der Waals surface area contributed by atoms with Crippen molar-refractivity contribution >= 4 is 0 Å². The molecule has 0 spiro atoms. The molecule has 0 aliphatic rings. The van der Waals surface area contributed by atoms with Crippen LogP contribution in [0.2, 0.25) is 0 Å². The molecule has 0 saturated carbocycles. The maximum absolute atomic E-state index is 11.9. The van der Waals surface area contributed by atoms with Gasteiger partial charge in [0.15, 0.2) is 5.75 Å². The average molecular weight is 246 g/mol. The van der Waals surface area contributed by atoms with Crippen LogP contribution in [-0.2, 0) is 0 Å². The van der Waals surface area contributed by atoms with Crippen molar-refractivity contribution < 1.29 is 4.74 Å². The summed E-state index contributed by atoms with van der Waals surface area (Å²) in [6.45, 7) is 3.92. The lowest BCUT2D eigenvalue weighted by atomic mass is 10.2. The summed E-state index contributed by atoms with van der Waals surface area (Å²) < 4.78 is 6.39. The fourth-order valence-corrected chi connectivity index (χ4v) is 1.56. The number of ether oxygens (including phenoxy) is 1. The van der Waals surface area contributed by atoms with Crippen molar-refractivity contribution in [1.82, 2.24) is 19.5 Å². The van der Waals surface area contributed by atoms with E-state index in [0.717, 1.165) is 0 Å². The Morgan fingerprint density at radius 1 is 1.22 bits per heavy atom. The summed E-state index contributed by atoms with van der Waals surface area (Å²) in [5.74, 6) is 1.58. The molecule has 2 aromatic heterocycles. The lowest BCUT2D eigenvalue weighted by Crippen LogP contribution is -2.24. The molecule has 0 aliphatic carbocycles. The third-order valence-electron chi connectivity index (χ3n) is 2.44. The molecule has 0 aromatic carbocycles. The summed E-state index contributed by atoms with van der Waals surface area (Å²) in [5.41, 5.74) is -0.195. The predicted molar refractivity (Wildman–Crippen MR) is 66.1 cm³/mol. The van der Waals surface area contributed by atoms with Crippen LogP contribution in [0.25, 0.3) is 5.95 Å². The van der Waals surface area contributed by atoms with E-state index in [0.29, 0.717) is 17.5 Å². The third-order valence-corrected chi connectivity index (χ3v) is 2.44.